The fraction of sp³-hybridized carbons (Fsp3) is 0.647. The minimum absolute atomic E-state index is 0.676. The van der Waals surface area contributed by atoms with Gasteiger partial charge in [0.1, 0.15) is 0 Å². The molecule has 0 saturated carbocycles. The van der Waals surface area contributed by atoms with Crippen molar-refractivity contribution < 1.29 is 0 Å². The molecule has 1 aromatic carbocycles. The second kappa shape index (κ2) is 7.66. The summed E-state index contributed by atoms with van der Waals surface area (Å²) in [6.45, 7) is 9.06. The van der Waals surface area contributed by atoms with Crippen LogP contribution in [-0.4, -0.2) is 19.6 Å². The maximum atomic E-state index is 3.59. The van der Waals surface area contributed by atoms with Crippen LogP contribution in [0, 0.1) is 5.92 Å². The van der Waals surface area contributed by atoms with Crippen molar-refractivity contribution in [2.45, 2.75) is 45.6 Å². The van der Waals surface area contributed by atoms with Crippen molar-refractivity contribution >= 4 is 0 Å². The van der Waals surface area contributed by atoms with Gasteiger partial charge in [-0.15, -0.1) is 0 Å². The first kappa shape index (κ1) is 14.5. The maximum absolute atomic E-state index is 3.59. The molecule has 1 aliphatic heterocycles. The van der Waals surface area contributed by atoms with Crippen molar-refractivity contribution in [3.8, 4) is 0 Å². The van der Waals surface area contributed by atoms with Crippen LogP contribution < -0.4 is 10.6 Å². The van der Waals surface area contributed by atoms with Gasteiger partial charge in [0.15, 0.2) is 0 Å². The Kier molecular flexibility index (Phi) is 5.87. The Balaban J connectivity index is 1.73. The number of benzene rings is 1. The average molecular weight is 260 g/mol. The fourth-order valence-electron chi connectivity index (χ4n) is 2.72. The van der Waals surface area contributed by atoms with E-state index in [-0.39, 0.29) is 0 Å². The molecule has 2 heteroatoms. The molecule has 2 nitrogen and oxygen atoms in total. The number of hydrogen-bond acceptors (Lipinski definition) is 2. The summed E-state index contributed by atoms with van der Waals surface area (Å²) in [4.78, 5) is 0. The summed E-state index contributed by atoms with van der Waals surface area (Å²) in [5, 5.41) is 7.06. The van der Waals surface area contributed by atoms with E-state index in [0.29, 0.717) is 5.92 Å². The summed E-state index contributed by atoms with van der Waals surface area (Å²) in [7, 11) is 0. The lowest BCUT2D eigenvalue weighted by atomic mass is 9.97. The molecule has 0 amide bonds. The SMILES string of the molecule is CCC(C)c1ccc(CNCC2CCCNC2)cc1. The van der Waals surface area contributed by atoms with Crippen molar-refractivity contribution in [2.75, 3.05) is 19.6 Å². The molecule has 0 aromatic heterocycles. The molecule has 1 heterocycles. The van der Waals surface area contributed by atoms with Crippen LogP contribution in [0.3, 0.4) is 0 Å². The maximum Gasteiger partial charge on any atom is 0.0205 e. The smallest absolute Gasteiger partial charge is 0.0205 e. The van der Waals surface area contributed by atoms with Gasteiger partial charge in [-0.25, -0.2) is 0 Å². The summed E-state index contributed by atoms with van der Waals surface area (Å²) < 4.78 is 0. The third-order valence-corrected chi connectivity index (χ3v) is 4.32. The molecule has 1 saturated heterocycles. The lowest BCUT2D eigenvalue weighted by molar-refractivity contribution is 0.360. The number of nitrogens with one attached hydrogen (secondary N) is 2. The first-order valence-electron chi connectivity index (χ1n) is 7.80. The Morgan fingerprint density at radius 2 is 2.11 bits per heavy atom. The minimum Gasteiger partial charge on any atom is -0.316 e. The van der Waals surface area contributed by atoms with Crippen molar-refractivity contribution in [3.63, 3.8) is 0 Å². The van der Waals surface area contributed by atoms with E-state index in [1.807, 2.05) is 0 Å². The topological polar surface area (TPSA) is 24.1 Å². The third-order valence-electron chi connectivity index (χ3n) is 4.32. The zero-order valence-electron chi connectivity index (χ0n) is 12.4. The van der Waals surface area contributed by atoms with E-state index >= 15 is 0 Å². The Labute approximate surface area is 118 Å². The van der Waals surface area contributed by atoms with Gasteiger partial charge >= 0.3 is 0 Å². The van der Waals surface area contributed by atoms with Crippen LogP contribution in [0.15, 0.2) is 24.3 Å². The second-order valence-corrected chi connectivity index (χ2v) is 5.89. The van der Waals surface area contributed by atoms with Gasteiger partial charge in [0.05, 0.1) is 0 Å². The highest BCUT2D eigenvalue weighted by Gasteiger charge is 2.11. The monoisotopic (exact) mass is 260 g/mol. The average Bonchev–Trinajstić information content (AvgIpc) is 2.48. The summed E-state index contributed by atoms with van der Waals surface area (Å²) >= 11 is 0. The second-order valence-electron chi connectivity index (χ2n) is 5.89. The Hall–Kier alpha value is -0.860. The summed E-state index contributed by atoms with van der Waals surface area (Å²) in [5.74, 6) is 1.49. The van der Waals surface area contributed by atoms with Gasteiger partial charge in [0, 0.05) is 6.54 Å². The number of piperidine rings is 1. The molecule has 106 valence electrons. The zero-order valence-corrected chi connectivity index (χ0v) is 12.4. The van der Waals surface area contributed by atoms with Gasteiger partial charge in [0.2, 0.25) is 0 Å². The molecule has 1 aliphatic rings. The molecule has 1 fully saturated rings. The van der Waals surface area contributed by atoms with E-state index in [1.54, 1.807) is 0 Å². The molecule has 0 aliphatic carbocycles. The molecule has 2 unspecified atom stereocenters. The van der Waals surface area contributed by atoms with E-state index in [1.165, 1.54) is 43.5 Å². The molecular weight excluding hydrogens is 232 g/mol. The summed E-state index contributed by atoms with van der Waals surface area (Å²) in [6, 6.07) is 9.11. The van der Waals surface area contributed by atoms with Gasteiger partial charge in [-0.1, -0.05) is 38.1 Å². The minimum atomic E-state index is 0.676. The van der Waals surface area contributed by atoms with Crippen molar-refractivity contribution in [1.29, 1.82) is 0 Å². The first-order valence-corrected chi connectivity index (χ1v) is 7.80. The van der Waals surface area contributed by atoms with E-state index < -0.39 is 0 Å². The largest absolute Gasteiger partial charge is 0.316 e. The van der Waals surface area contributed by atoms with E-state index in [4.69, 9.17) is 0 Å². The van der Waals surface area contributed by atoms with Crippen LogP contribution in [0.4, 0.5) is 0 Å². The lowest BCUT2D eigenvalue weighted by Crippen LogP contribution is -2.35. The van der Waals surface area contributed by atoms with Crippen LogP contribution in [0.5, 0.6) is 0 Å². The molecule has 19 heavy (non-hydrogen) atoms. The van der Waals surface area contributed by atoms with Crippen molar-refractivity contribution in [1.82, 2.24) is 10.6 Å². The summed E-state index contributed by atoms with van der Waals surface area (Å²) in [5.41, 5.74) is 2.86. The standard InChI is InChI=1S/C17H28N2/c1-3-14(2)17-8-6-15(7-9-17)11-19-13-16-5-4-10-18-12-16/h6-9,14,16,18-19H,3-5,10-13H2,1-2H3. The Morgan fingerprint density at radius 3 is 2.74 bits per heavy atom. The molecule has 2 rings (SSSR count). The van der Waals surface area contributed by atoms with E-state index in [2.05, 4.69) is 48.7 Å². The van der Waals surface area contributed by atoms with Crippen LogP contribution in [0.1, 0.15) is 50.2 Å². The fourth-order valence-corrected chi connectivity index (χ4v) is 2.72. The molecule has 0 bridgehead atoms. The van der Waals surface area contributed by atoms with Crippen molar-refractivity contribution in [2.24, 2.45) is 5.92 Å². The third kappa shape index (κ3) is 4.63. The number of hydrogen-bond donors (Lipinski definition) is 2. The van der Waals surface area contributed by atoms with Gasteiger partial charge in [-0.3, -0.25) is 0 Å². The molecule has 1 aromatic rings. The van der Waals surface area contributed by atoms with Crippen molar-refractivity contribution in [3.05, 3.63) is 35.4 Å². The predicted octanol–water partition coefficient (Wildman–Crippen LogP) is 3.29. The molecule has 2 N–H and O–H groups in total. The Bertz CT molecular complexity index is 352. The molecular formula is C17H28N2. The highest BCUT2D eigenvalue weighted by molar-refractivity contribution is 5.24. The van der Waals surface area contributed by atoms with Crippen LogP contribution in [-0.2, 0) is 6.54 Å². The van der Waals surface area contributed by atoms with Crippen LogP contribution in [0.25, 0.3) is 0 Å². The van der Waals surface area contributed by atoms with Crippen LogP contribution in [0.2, 0.25) is 0 Å². The van der Waals surface area contributed by atoms with Gasteiger partial charge in [0.25, 0.3) is 0 Å². The molecule has 0 radical (unpaired) electrons. The normalized spacial score (nSPS) is 21.3. The predicted molar refractivity (Wildman–Crippen MR) is 82.4 cm³/mol. The van der Waals surface area contributed by atoms with Gasteiger partial charge < -0.3 is 10.6 Å². The van der Waals surface area contributed by atoms with E-state index in [0.717, 1.165) is 19.0 Å². The lowest BCUT2D eigenvalue weighted by Gasteiger charge is -2.23. The summed E-state index contributed by atoms with van der Waals surface area (Å²) in [6.07, 6.45) is 3.91. The first-order chi connectivity index (χ1) is 9.29. The van der Waals surface area contributed by atoms with Crippen LogP contribution >= 0.6 is 0 Å². The quantitative estimate of drug-likeness (QED) is 0.820. The number of rotatable bonds is 6. The Morgan fingerprint density at radius 1 is 1.32 bits per heavy atom. The highest BCUT2D eigenvalue weighted by atomic mass is 14.9. The van der Waals surface area contributed by atoms with E-state index in [9.17, 15) is 0 Å². The highest BCUT2D eigenvalue weighted by Crippen LogP contribution is 2.18. The van der Waals surface area contributed by atoms with Gasteiger partial charge in [-0.05, 0) is 61.9 Å². The molecule has 0 spiro atoms. The zero-order chi connectivity index (χ0) is 13.5. The molecule has 2 atom stereocenters. The van der Waals surface area contributed by atoms with Gasteiger partial charge in [-0.2, -0.15) is 0 Å².